The Labute approximate surface area is 148 Å². The Balaban J connectivity index is 1.43. The molecular weight excluding hydrogens is 314 g/mol. The van der Waals surface area contributed by atoms with Gasteiger partial charge in [0.1, 0.15) is 5.65 Å². The highest BCUT2D eigenvalue weighted by atomic mass is 16.5. The monoisotopic (exact) mass is 339 g/mol. The third-order valence-electron chi connectivity index (χ3n) is 4.83. The summed E-state index contributed by atoms with van der Waals surface area (Å²) in [6.45, 7) is 10.5. The van der Waals surface area contributed by atoms with Crippen molar-refractivity contribution in [2.75, 3.05) is 19.7 Å². The molecule has 25 heavy (non-hydrogen) atoms. The van der Waals surface area contributed by atoms with Crippen molar-refractivity contribution in [2.24, 2.45) is 0 Å². The molecule has 132 valence electrons. The van der Waals surface area contributed by atoms with Crippen LogP contribution >= 0.6 is 0 Å². The molecule has 0 aliphatic carbocycles. The van der Waals surface area contributed by atoms with Crippen molar-refractivity contribution >= 4 is 5.65 Å². The van der Waals surface area contributed by atoms with Crippen LogP contribution in [-0.2, 0) is 17.8 Å². The van der Waals surface area contributed by atoms with E-state index in [0.29, 0.717) is 0 Å². The van der Waals surface area contributed by atoms with Crippen LogP contribution in [-0.4, -0.2) is 49.9 Å². The maximum absolute atomic E-state index is 5.96. The van der Waals surface area contributed by atoms with Crippen LogP contribution in [0.25, 0.3) is 5.65 Å². The van der Waals surface area contributed by atoms with Crippen molar-refractivity contribution in [1.29, 1.82) is 0 Å². The number of imidazole rings is 1. The number of nitrogens with zero attached hydrogens (tertiary/aromatic N) is 5. The smallest absolute Gasteiger partial charge is 0.137 e. The van der Waals surface area contributed by atoms with Crippen LogP contribution < -0.4 is 0 Å². The van der Waals surface area contributed by atoms with E-state index >= 15 is 0 Å². The first kappa shape index (κ1) is 16.3. The number of morpholine rings is 1. The first-order chi connectivity index (χ1) is 12.1. The molecule has 0 aromatic carbocycles. The number of aromatic nitrogens is 4. The van der Waals surface area contributed by atoms with E-state index in [0.717, 1.165) is 49.8 Å². The number of hydrogen-bond donors (Lipinski definition) is 0. The molecule has 6 nitrogen and oxygen atoms in total. The molecule has 1 fully saturated rings. The molecule has 1 atom stereocenters. The van der Waals surface area contributed by atoms with Gasteiger partial charge < -0.3 is 9.14 Å². The quantitative estimate of drug-likeness (QED) is 0.732. The number of fused-ring (bicyclic) bond motifs is 1. The molecule has 0 bridgehead atoms. The highest BCUT2D eigenvalue weighted by Crippen LogP contribution is 2.14. The SMILES string of the molecule is Cc1cc(C)n(C[C@H]2CN(Cc3cn4c(C)cccc4n3)CCO2)n1. The summed E-state index contributed by atoms with van der Waals surface area (Å²) in [4.78, 5) is 7.18. The van der Waals surface area contributed by atoms with Crippen molar-refractivity contribution in [2.45, 2.75) is 40.0 Å². The normalized spacial score (nSPS) is 18.9. The second kappa shape index (κ2) is 6.61. The minimum Gasteiger partial charge on any atom is -0.374 e. The standard InChI is InChI=1S/C19H25N5O/c1-14-9-16(3)24(21-14)13-18-12-22(7-8-25-18)10-17-11-23-15(2)5-4-6-19(23)20-17/h4-6,9,11,18H,7-8,10,12-13H2,1-3H3/t18-/m1/s1. The Hall–Kier alpha value is -2.18. The summed E-state index contributed by atoms with van der Waals surface area (Å²) in [6.07, 6.45) is 2.32. The van der Waals surface area contributed by atoms with Crippen molar-refractivity contribution in [3.63, 3.8) is 0 Å². The van der Waals surface area contributed by atoms with Crippen molar-refractivity contribution in [3.8, 4) is 0 Å². The fraction of sp³-hybridized carbons (Fsp3) is 0.474. The van der Waals surface area contributed by atoms with Crippen LogP contribution in [0.2, 0.25) is 0 Å². The lowest BCUT2D eigenvalue weighted by Crippen LogP contribution is -2.44. The lowest BCUT2D eigenvalue weighted by molar-refractivity contribution is -0.0407. The van der Waals surface area contributed by atoms with Gasteiger partial charge in [0, 0.05) is 37.2 Å². The van der Waals surface area contributed by atoms with E-state index in [9.17, 15) is 0 Å². The molecular formula is C19H25N5O. The first-order valence-electron chi connectivity index (χ1n) is 8.87. The third kappa shape index (κ3) is 3.45. The lowest BCUT2D eigenvalue weighted by Gasteiger charge is -2.32. The zero-order chi connectivity index (χ0) is 17.4. The van der Waals surface area contributed by atoms with Gasteiger partial charge in [-0.15, -0.1) is 0 Å². The fourth-order valence-electron chi connectivity index (χ4n) is 3.59. The van der Waals surface area contributed by atoms with E-state index in [2.05, 4.69) is 63.4 Å². The maximum atomic E-state index is 5.96. The number of pyridine rings is 1. The summed E-state index contributed by atoms with van der Waals surface area (Å²) in [5.74, 6) is 0. The van der Waals surface area contributed by atoms with Gasteiger partial charge in [-0.1, -0.05) is 6.07 Å². The molecule has 3 aromatic heterocycles. The predicted octanol–water partition coefficient (Wildman–Crippen LogP) is 2.36. The molecule has 1 aliphatic heterocycles. The van der Waals surface area contributed by atoms with E-state index < -0.39 is 0 Å². The molecule has 0 N–H and O–H groups in total. The average Bonchev–Trinajstić information content (AvgIpc) is 3.11. The summed E-state index contributed by atoms with van der Waals surface area (Å²) in [5, 5.41) is 4.55. The molecule has 4 rings (SSSR count). The Kier molecular flexibility index (Phi) is 4.31. The van der Waals surface area contributed by atoms with Crippen LogP contribution in [0, 0.1) is 20.8 Å². The molecule has 1 saturated heterocycles. The van der Waals surface area contributed by atoms with Gasteiger partial charge in [-0.25, -0.2) is 4.98 Å². The molecule has 0 spiro atoms. The topological polar surface area (TPSA) is 47.6 Å². The van der Waals surface area contributed by atoms with E-state index in [1.165, 1.54) is 11.4 Å². The first-order valence-corrected chi connectivity index (χ1v) is 8.87. The van der Waals surface area contributed by atoms with Gasteiger partial charge in [0.2, 0.25) is 0 Å². The Morgan fingerprint density at radius 1 is 1.20 bits per heavy atom. The Morgan fingerprint density at radius 3 is 2.84 bits per heavy atom. The van der Waals surface area contributed by atoms with Crippen LogP contribution in [0.5, 0.6) is 0 Å². The Morgan fingerprint density at radius 2 is 2.08 bits per heavy atom. The molecule has 1 aliphatic rings. The summed E-state index contributed by atoms with van der Waals surface area (Å²) >= 11 is 0. The van der Waals surface area contributed by atoms with Gasteiger partial charge in [-0.3, -0.25) is 9.58 Å². The summed E-state index contributed by atoms with van der Waals surface area (Å²) < 4.78 is 10.2. The summed E-state index contributed by atoms with van der Waals surface area (Å²) in [5.41, 5.74) is 5.59. The number of aryl methyl sites for hydroxylation is 3. The maximum Gasteiger partial charge on any atom is 0.137 e. The van der Waals surface area contributed by atoms with E-state index in [1.54, 1.807) is 0 Å². The van der Waals surface area contributed by atoms with Gasteiger partial charge in [-0.05, 0) is 39.0 Å². The van der Waals surface area contributed by atoms with Crippen LogP contribution in [0.4, 0.5) is 0 Å². The summed E-state index contributed by atoms with van der Waals surface area (Å²) in [6, 6.07) is 8.33. The Bertz CT molecular complexity index is 881. The largest absolute Gasteiger partial charge is 0.374 e. The van der Waals surface area contributed by atoms with Gasteiger partial charge in [-0.2, -0.15) is 5.10 Å². The summed E-state index contributed by atoms with van der Waals surface area (Å²) in [7, 11) is 0. The number of rotatable bonds is 4. The van der Waals surface area contributed by atoms with Crippen molar-refractivity contribution < 1.29 is 4.74 Å². The van der Waals surface area contributed by atoms with E-state index in [-0.39, 0.29) is 6.10 Å². The van der Waals surface area contributed by atoms with Crippen LogP contribution in [0.15, 0.2) is 30.5 Å². The molecule has 0 unspecified atom stereocenters. The highest BCUT2D eigenvalue weighted by Gasteiger charge is 2.22. The van der Waals surface area contributed by atoms with Crippen LogP contribution in [0.3, 0.4) is 0 Å². The number of ether oxygens (including phenoxy) is 1. The lowest BCUT2D eigenvalue weighted by atomic mass is 10.2. The molecule has 3 aromatic rings. The minimum atomic E-state index is 0.172. The second-order valence-electron chi connectivity index (χ2n) is 6.96. The van der Waals surface area contributed by atoms with Crippen molar-refractivity contribution in [3.05, 3.63) is 53.2 Å². The second-order valence-corrected chi connectivity index (χ2v) is 6.96. The molecule has 6 heteroatoms. The average molecular weight is 339 g/mol. The fourth-order valence-corrected chi connectivity index (χ4v) is 3.59. The highest BCUT2D eigenvalue weighted by molar-refractivity contribution is 5.41. The predicted molar refractivity (Wildman–Crippen MR) is 96.6 cm³/mol. The van der Waals surface area contributed by atoms with Crippen molar-refractivity contribution in [1.82, 2.24) is 24.1 Å². The zero-order valence-corrected chi connectivity index (χ0v) is 15.1. The van der Waals surface area contributed by atoms with Gasteiger partial charge in [0.25, 0.3) is 0 Å². The van der Waals surface area contributed by atoms with E-state index in [1.807, 2.05) is 6.92 Å². The van der Waals surface area contributed by atoms with Crippen LogP contribution in [0.1, 0.15) is 22.8 Å². The van der Waals surface area contributed by atoms with Gasteiger partial charge >= 0.3 is 0 Å². The molecule has 0 amide bonds. The van der Waals surface area contributed by atoms with Gasteiger partial charge in [0.05, 0.1) is 30.6 Å². The molecule has 0 radical (unpaired) electrons. The number of hydrogen-bond acceptors (Lipinski definition) is 4. The zero-order valence-electron chi connectivity index (χ0n) is 15.1. The van der Waals surface area contributed by atoms with E-state index in [4.69, 9.17) is 9.72 Å². The van der Waals surface area contributed by atoms with Gasteiger partial charge in [0.15, 0.2) is 0 Å². The third-order valence-corrected chi connectivity index (χ3v) is 4.83. The minimum absolute atomic E-state index is 0.172. The molecule has 4 heterocycles. The molecule has 0 saturated carbocycles.